The number of anilines is 3. The Morgan fingerprint density at radius 1 is 1.03 bits per heavy atom. The molecule has 0 radical (unpaired) electrons. The van der Waals surface area contributed by atoms with Crippen molar-refractivity contribution in [3.8, 4) is 0 Å². The first-order valence-electron chi connectivity index (χ1n) is 10.6. The van der Waals surface area contributed by atoms with Gasteiger partial charge in [0.2, 0.25) is 0 Å². The quantitative estimate of drug-likeness (QED) is 0.703. The molecule has 2 aromatic carbocycles. The standard InChI is InChI=1S/C24H26FN3O/c25-18-5-10-21-22(24(29)27-23(21)13-18)14-26-19-6-8-20(9-7-19)28-12-11-16-3-1-2-4-17(16)15-28/h5-10,13-14,16-17,26H,1-4,11-12,15H2,(H,27,29). The number of halogens is 1. The summed E-state index contributed by atoms with van der Waals surface area (Å²) in [4.78, 5) is 14.7. The molecule has 2 heterocycles. The number of amides is 1. The highest BCUT2D eigenvalue weighted by Gasteiger charge is 2.31. The van der Waals surface area contributed by atoms with Crippen LogP contribution in [0.3, 0.4) is 0 Å². The van der Waals surface area contributed by atoms with Crippen molar-refractivity contribution < 1.29 is 9.18 Å². The highest BCUT2D eigenvalue weighted by Crippen LogP contribution is 2.38. The molecule has 1 aliphatic carbocycles. The van der Waals surface area contributed by atoms with Gasteiger partial charge >= 0.3 is 0 Å². The van der Waals surface area contributed by atoms with E-state index in [2.05, 4.69) is 39.8 Å². The zero-order valence-corrected chi connectivity index (χ0v) is 16.5. The predicted octanol–water partition coefficient (Wildman–Crippen LogP) is 5.25. The van der Waals surface area contributed by atoms with Gasteiger partial charge in [0.05, 0.1) is 11.3 Å². The first kappa shape index (κ1) is 18.2. The maximum atomic E-state index is 13.4. The van der Waals surface area contributed by atoms with Crippen LogP contribution in [-0.4, -0.2) is 19.0 Å². The Balaban J connectivity index is 1.27. The molecule has 1 amide bonds. The molecule has 2 aliphatic heterocycles. The Kier molecular flexibility index (Phi) is 4.74. The van der Waals surface area contributed by atoms with Gasteiger partial charge in [0, 0.05) is 36.2 Å². The normalized spacial score (nSPS) is 24.8. The van der Waals surface area contributed by atoms with Gasteiger partial charge in [-0.1, -0.05) is 19.3 Å². The Bertz CT molecular complexity index is 953. The third-order valence-corrected chi connectivity index (χ3v) is 6.67. The minimum Gasteiger partial charge on any atom is -0.371 e. The number of carbonyl (C=O) groups is 1. The molecule has 2 aromatic rings. The van der Waals surface area contributed by atoms with Gasteiger partial charge in [-0.25, -0.2) is 4.39 Å². The molecule has 1 saturated carbocycles. The van der Waals surface area contributed by atoms with Crippen molar-refractivity contribution in [3.05, 3.63) is 60.0 Å². The summed E-state index contributed by atoms with van der Waals surface area (Å²) in [7, 11) is 0. The fourth-order valence-corrected chi connectivity index (χ4v) is 5.07. The van der Waals surface area contributed by atoms with Crippen LogP contribution in [0, 0.1) is 17.7 Å². The summed E-state index contributed by atoms with van der Waals surface area (Å²) in [5, 5.41) is 5.92. The van der Waals surface area contributed by atoms with Crippen molar-refractivity contribution in [2.24, 2.45) is 11.8 Å². The van der Waals surface area contributed by atoms with Crippen LogP contribution >= 0.6 is 0 Å². The molecule has 150 valence electrons. The highest BCUT2D eigenvalue weighted by atomic mass is 19.1. The van der Waals surface area contributed by atoms with Gasteiger partial charge in [0.15, 0.2) is 0 Å². The van der Waals surface area contributed by atoms with Crippen molar-refractivity contribution >= 4 is 28.5 Å². The van der Waals surface area contributed by atoms with E-state index < -0.39 is 0 Å². The van der Waals surface area contributed by atoms with Crippen LogP contribution < -0.4 is 15.5 Å². The topological polar surface area (TPSA) is 44.4 Å². The van der Waals surface area contributed by atoms with E-state index in [9.17, 15) is 9.18 Å². The zero-order chi connectivity index (χ0) is 19.8. The highest BCUT2D eigenvalue weighted by molar-refractivity contribution is 6.31. The second kappa shape index (κ2) is 7.54. The lowest BCUT2D eigenvalue weighted by molar-refractivity contribution is -0.110. The molecule has 2 N–H and O–H groups in total. The van der Waals surface area contributed by atoms with Crippen LogP contribution in [0.2, 0.25) is 0 Å². The number of carbonyl (C=O) groups excluding carboxylic acids is 1. The third kappa shape index (κ3) is 3.61. The smallest absolute Gasteiger partial charge is 0.257 e. The first-order valence-corrected chi connectivity index (χ1v) is 10.6. The summed E-state index contributed by atoms with van der Waals surface area (Å²) in [6.07, 6.45) is 8.60. The van der Waals surface area contributed by atoms with Gasteiger partial charge in [-0.3, -0.25) is 4.79 Å². The summed E-state index contributed by atoms with van der Waals surface area (Å²) >= 11 is 0. The fourth-order valence-electron chi connectivity index (χ4n) is 5.07. The molecule has 29 heavy (non-hydrogen) atoms. The van der Waals surface area contributed by atoms with Crippen LogP contribution in [-0.2, 0) is 4.79 Å². The summed E-state index contributed by atoms with van der Waals surface area (Å²) in [6.45, 7) is 2.32. The number of hydrogen-bond donors (Lipinski definition) is 2. The van der Waals surface area contributed by atoms with E-state index in [0.29, 0.717) is 11.3 Å². The van der Waals surface area contributed by atoms with Gasteiger partial charge in [-0.15, -0.1) is 0 Å². The van der Waals surface area contributed by atoms with Crippen molar-refractivity contribution in [2.75, 3.05) is 28.6 Å². The molecule has 2 fully saturated rings. The number of fused-ring (bicyclic) bond motifs is 2. The lowest BCUT2D eigenvalue weighted by atomic mass is 9.75. The summed E-state index contributed by atoms with van der Waals surface area (Å²) in [5.74, 6) is 1.21. The third-order valence-electron chi connectivity index (χ3n) is 6.67. The van der Waals surface area contributed by atoms with Crippen molar-refractivity contribution in [2.45, 2.75) is 32.1 Å². The predicted molar refractivity (Wildman–Crippen MR) is 115 cm³/mol. The van der Waals surface area contributed by atoms with E-state index in [-0.39, 0.29) is 11.7 Å². The lowest BCUT2D eigenvalue weighted by Gasteiger charge is -2.42. The van der Waals surface area contributed by atoms with Crippen LogP contribution in [0.25, 0.3) is 5.57 Å². The average Bonchev–Trinajstić information content (AvgIpc) is 3.06. The summed E-state index contributed by atoms with van der Waals surface area (Å²) in [6, 6.07) is 12.8. The lowest BCUT2D eigenvalue weighted by Crippen LogP contribution is -2.41. The monoisotopic (exact) mass is 391 g/mol. The Labute approximate surface area is 170 Å². The Morgan fingerprint density at radius 3 is 2.66 bits per heavy atom. The number of nitrogens with zero attached hydrogens (tertiary/aromatic N) is 1. The van der Waals surface area contributed by atoms with Crippen molar-refractivity contribution in [1.82, 2.24) is 0 Å². The molecule has 5 rings (SSSR count). The second-order valence-electron chi connectivity index (χ2n) is 8.43. The molecule has 4 nitrogen and oxygen atoms in total. The number of hydrogen-bond acceptors (Lipinski definition) is 3. The van der Waals surface area contributed by atoms with E-state index in [1.165, 1.54) is 56.5 Å². The number of benzene rings is 2. The molecule has 5 heteroatoms. The van der Waals surface area contributed by atoms with E-state index >= 15 is 0 Å². The van der Waals surface area contributed by atoms with Gasteiger partial charge in [-0.2, -0.15) is 0 Å². The van der Waals surface area contributed by atoms with Crippen molar-refractivity contribution in [1.29, 1.82) is 0 Å². The molecule has 2 atom stereocenters. The molecule has 0 aromatic heterocycles. The Hall–Kier alpha value is -2.82. The molecular formula is C24H26FN3O. The number of rotatable bonds is 3. The minimum atomic E-state index is -0.355. The fraction of sp³-hybridized carbons (Fsp3) is 0.375. The number of piperidine rings is 1. The van der Waals surface area contributed by atoms with Crippen LogP contribution in [0.4, 0.5) is 21.5 Å². The zero-order valence-electron chi connectivity index (χ0n) is 16.5. The van der Waals surface area contributed by atoms with Gasteiger partial charge < -0.3 is 15.5 Å². The van der Waals surface area contributed by atoms with Crippen LogP contribution in [0.1, 0.15) is 37.7 Å². The van der Waals surface area contributed by atoms with E-state index in [1.807, 2.05) is 0 Å². The van der Waals surface area contributed by atoms with Crippen molar-refractivity contribution in [3.63, 3.8) is 0 Å². The Morgan fingerprint density at radius 2 is 1.83 bits per heavy atom. The van der Waals surface area contributed by atoms with Crippen LogP contribution in [0.15, 0.2) is 48.7 Å². The summed E-state index contributed by atoms with van der Waals surface area (Å²) in [5.41, 5.74) is 3.95. The largest absolute Gasteiger partial charge is 0.371 e. The minimum absolute atomic E-state index is 0.218. The van der Waals surface area contributed by atoms with Crippen LogP contribution in [0.5, 0.6) is 0 Å². The van der Waals surface area contributed by atoms with Gasteiger partial charge in [-0.05, 0) is 67.1 Å². The molecule has 1 saturated heterocycles. The maximum absolute atomic E-state index is 13.4. The summed E-state index contributed by atoms with van der Waals surface area (Å²) < 4.78 is 13.4. The first-order chi connectivity index (χ1) is 14.2. The maximum Gasteiger partial charge on any atom is 0.257 e. The van der Waals surface area contributed by atoms with E-state index in [1.54, 1.807) is 12.3 Å². The van der Waals surface area contributed by atoms with E-state index in [4.69, 9.17) is 0 Å². The number of nitrogens with one attached hydrogen (secondary N) is 2. The average molecular weight is 391 g/mol. The molecule has 2 unspecified atom stereocenters. The molecular weight excluding hydrogens is 365 g/mol. The second-order valence-corrected chi connectivity index (χ2v) is 8.43. The molecule has 0 spiro atoms. The molecule has 0 bridgehead atoms. The molecule has 3 aliphatic rings. The SMILES string of the molecule is O=C1Nc2cc(F)ccc2C1=CNc1ccc(N2CCC3CCCCC3C2)cc1. The van der Waals surface area contributed by atoms with E-state index in [0.717, 1.165) is 29.6 Å². The van der Waals surface area contributed by atoms with Gasteiger partial charge in [0.25, 0.3) is 5.91 Å². The van der Waals surface area contributed by atoms with Gasteiger partial charge in [0.1, 0.15) is 5.82 Å².